The quantitative estimate of drug-likeness (QED) is 0.628. The Bertz CT molecular complexity index is 614. The topological polar surface area (TPSA) is 119 Å². The lowest BCUT2D eigenvalue weighted by molar-refractivity contribution is -0.139. The van der Waals surface area contributed by atoms with Crippen molar-refractivity contribution in [2.75, 3.05) is 19.0 Å². The Kier molecular flexibility index (Phi) is 4.33. The molecule has 2 rings (SSSR count). The summed E-state index contributed by atoms with van der Waals surface area (Å²) in [6.07, 6.45) is 1.39. The molecule has 2 heterocycles. The summed E-state index contributed by atoms with van der Waals surface area (Å²) in [5.74, 6) is 0.507. The molecule has 0 aromatic carbocycles. The number of fused-ring (bicyclic) bond motifs is 1. The summed E-state index contributed by atoms with van der Waals surface area (Å²) in [5, 5.41) is 11.8. The van der Waals surface area contributed by atoms with Crippen LogP contribution in [-0.4, -0.2) is 57.0 Å². The number of aldehydes is 2. The highest BCUT2D eigenvalue weighted by Crippen LogP contribution is 2.20. The number of hydrogen-bond acceptors (Lipinski definition) is 8. The van der Waals surface area contributed by atoms with Crippen LogP contribution in [-0.2, 0) is 14.3 Å². The van der Waals surface area contributed by atoms with Crippen LogP contribution in [0.1, 0.15) is 6.23 Å². The third-order valence-corrected chi connectivity index (χ3v) is 2.63. The van der Waals surface area contributed by atoms with Crippen LogP contribution in [0.5, 0.6) is 0 Å². The van der Waals surface area contributed by atoms with Crippen molar-refractivity contribution < 1.29 is 19.4 Å². The molecule has 0 aliphatic carbocycles. The van der Waals surface area contributed by atoms with Gasteiger partial charge in [0.25, 0.3) is 0 Å². The molecule has 106 valence electrons. The number of carbonyl (C=O) groups is 2. The van der Waals surface area contributed by atoms with E-state index in [9.17, 15) is 9.59 Å². The second kappa shape index (κ2) is 6.17. The van der Waals surface area contributed by atoms with Crippen LogP contribution >= 0.6 is 0 Å². The minimum atomic E-state index is -1.11. The zero-order valence-corrected chi connectivity index (χ0v) is 10.6. The zero-order chi connectivity index (χ0) is 14.5. The van der Waals surface area contributed by atoms with Crippen molar-refractivity contribution in [1.29, 1.82) is 0 Å². The number of aliphatic hydroxyl groups excluding tert-OH is 1. The van der Waals surface area contributed by atoms with Gasteiger partial charge in [0.05, 0.1) is 12.9 Å². The predicted molar refractivity (Wildman–Crippen MR) is 68.0 cm³/mol. The fraction of sp³-hybridized carbons (Fsp3) is 0.364. The largest absolute Gasteiger partial charge is 0.393 e. The van der Waals surface area contributed by atoms with E-state index in [-0.39, 0.29) is 0 Å². The summed E-state index contributed by atoms with van der Waals surface area (Å²) in [6.45, 7) is -0.517. The van der Waals surface area contributed by atoms with Gasteiger partial charge in [-0.2, -0.15) is 0 Å². The molecule has 0 spiro atoms. The van der Waals surface area contributed by atoms with Crippen LogP contribution in [0.25, 0.3) is 11.2 Å². The maximum atomic E-state index is 11.1. The maximum Gasteiger partial charge on any atom is 0.193 e. The highest BCUT2D eigenvalue weighted by molar-refractivity contribution is 5.83. The molecule has 9 heteroatoms. The van der Waals surface area contributed by atoms with Crippen molar-refractivity contribution in [3.63, 3.8) is 0 Å². The predicted octanol–water partition coefficient (Wildman–Crippen LogP) is -0.858. The number of aromatic nitrogens is 4. The lowest BCUT2D eigenvalue weighted by Gasteiger charge is -2.16. The van der Waals surface area contributed by atoms with E-state index in [1.165, 1.54) is 17.2 Å². The van der Waals surface area contributed by atoms with Crippen molar-refractivity contribution in [1.82, 2.24) is 19.5 Å². The fourth-order valence-electron chi connectivity index (χ4n) is 1.68. The molecule has 0 aliphatic rings. The number of rotatable bonds is 7. The number of anilines is 1. The van der Waals surface area contributed by atoms with Gasteiger partial charge in [0.1, 0.15) is 12.4 Å². The molecule has 2 atom stereocenters. The Hall–Kier alpha value is -2.39. The molecule has 2 N–H and O–H groups in total. The summed E-state index contributed by atoms with van der Waals surface area (Å²) in [7, 11) is 1.68. The van der Waals surface area contributed by atoms with Gasteiger partial charge in [0.15, 0.2) is 35.8 Å². The van der Waals surface area contributed by atoms with Gasteiger partial charge in [0, 0.05) is 7.05 Å². The molecule has 0 fully saturated rings. The van der Waals surface area contributed by atoms with E-state index in [0.29, 0.717) is 29.6 Å². The van der Waals surface area contributed by atoms with Crippen molar-refractivity contribution in [3.05, 3.63) is 12.7 Å². The summed E-state index contributed by atoms with van der Waals surface area (Å²) in [6, 6.07) is 0. The van der Waals surface area contributed by atoms with Crippen molar-refractivity contribution in [2.24, 2.45) is 0 Å². The van der Waals surface area contributed by atoms with Crippen molar-refractivity contribution >= 4 is 29.6 Å². The zero-order valence-electron chi connectivity index (χ0n) is 10.6. The molecule has 0 bridgehead atoms. The van der Waals surface area contributed by atoms with Crippen molar-refractivity contribution in [3.8, 4) is 0 Å². The molecule has 20 heavy (non-hydrogen) atoms. The molecule has 2 aromatic heterocycles. The van der Waals surface area contributed by atoms with Gasteiger partial charge < -0.3 is 20.0 Å². The molecule has 2 aromatic rings. The van der Waals surface area contributed by atoms with E-state index in [0.717, 1.165) is 0 Å². The number of nitrogens with one attached hydrogen (secondary N) is 1. The third kappa shape index (κ3) is 2.49. The molecule has 9 nitrogen and oxygen atoms in total. The summed E-state index contributed by atoms with van der Waals surface area (Å²) < 4.78 is 6.54. The molecule has 0 aliphatic heterocycles. The Morgan fingerprint density at radius 1 is 1.40 bits per heavy atom. The average Bonchev–Trinajstić information content (AvgIpc) is 2.92. The van der Waals surface area contributed by atoms with Gasteiger partial charge in [-0.05, 0) is 0 Å². The van der Waals surface area contributed by atoms with Gasteiger partial charge in [-0.3, -0.25) is 9.36 Å². The second-order valence-corrected chi connectivity index (χ2v) is 3.82. The first-order valence-electron chi connectivity index (χ1n) is 5.77. The maximum absolute atomic E-state index is 11.1. The molecular weight excluding hydrogens is 266 g/mol. The van der Waals surface area contributed by atoms with E-state index < -0.39 is 18.9 Å². The minimum absolute atomic E-state index is 0.379. The molecular formula is C11H13N5O4. The molecule has 2 unspecified atom stereocenters. The highest BCUT2D eigenvalue weighted by atomic mass is 16.5. The van der Waals surface area contributed by atoms with Gasteiger partial charge in [-0.15, -0.1) is 0 Å². The van der Waals surface area contributed by atoms with Crippen LogP contribution in [0, 0.1) is 0 Å². The average molecular weight is 279 g/mol. The van der Waals surface area contributed by atoms with E-state index >= 15 is 0 Å². The number of carbonyl (C=O) groups excluding carboxylic acids is 2. The van der Waals surface area contributed by atoms with Crippen LogP contribution in [0.2, 0.25) is 0 Å². The third-order valence-electron chi connectivity index (χ3n) is 2.63. The van der Waals surface area contributed by atoms with Gasteiger partial charge >= 0.3 is 0 Å². The molecule has 0 radical (unpaired) electrons. The van der Waals surface area contributed by atoms with Gasteiger partial charge in [-0.25, -0.2) is 15.0 Å². The first-order chi connectivity index (χ1) is 9.74. The normalized spacial score (nSPS) is 13.9. The fourth-order valence-corrected chi connectivity index (χ4v) is 1.68. The molecule has 0 saturated heterocycles. The molecule has 0 amide bonds. The van der Waals surface area contributed by atoms with Crippen LogP contribution in [0.3, 0.4) is 0 Å². The van der Waals surface area contributed by atoms with Crippen molar-refractivity contribution in [2.45, 2.75) is 12.3 Å². The Balaban J connectivity index is 2.40. The van der Waals surface area contributed by atoms with E-state index in [1.807, 2.05) is 0 Å². The number of imidazole rings is 1. The van der Waals surface area contributed by atoms with E-state index in [4.69, 9.17) is 9.84 Å². The SMILES string of the molecule is CNc1ncnc2c1ncn2C(C=O)OC(C=O)CO. The lowest BCUT2D eigenvalue weighted by Crippen LogP contribution is -2.26. The van der Waals surface area contributed by atoms with Gasteiger partial charge in [0.2, 0.25) is 0 Å². The van der Waals surface area contributed by atoms with Crippen LogP contribution in [0.4, 0.5) is 5.82 Å². The smallest absolute Gasteiger partial charge is 0.193 e. The lowest BCUT2D eigenvalue weighted by atomic mass is 10.4. The summed E-state index contributed by atoms with van der Waals surface area (Å²) >= 11 is 0. The number of hydrogen-bond donors (Lipinski definition) is 2. The second-order valence-electron chi connectivity index (χ2n) is 3.82. The monoisotopic (exact) mass is 279 g/mol. The summed E-state index contributed by atoms with van der Waals surface area (Å²) in [5.41, 5.74) is 0.848. The Morgan fingerprint density at radius 3 is 2.80 bits per heavy atom. The molecule has 0 saturated carbocycles. The minimum Gasteiger partial charge on any atom is -0.393 e. The van der Waals surface area contributed by atoms with E-state index in [2.05, 4.69) is 20.3 Å². The first-order valence-corrected chi connectivity index (χ1v) is 5.77. The first kappa shape index (κ1) is 14.0. The highest BCUT2D eigenvalue weighted by Gasteiger charge is 2.20. The standard InChI is InChI=1S/C11H13N5O4/c1-12-10-9-11(14-5-13-10)16(6-15-9)8(4-19)20-7(2-17)3-18/h2,4-8,18H,3H2,1H3,(H,12,13,14). The van der Waals surface area contributed by atoms with Gasteiger partial charge in [-0.1, -0.05) is 0 Å². The number of aliphatic hydroxyl groups is 1. The number of nitrogens with zero attached hydrogens (tertiary/aromatic N) is 4. The van der Waals surface area contributed by atoms with Crippen LogP contribution < -0.4 is 5.32 Å². The van der Waals surface area contributed by atoms with Crippen LogP contribution in [0.15, 0.2) is 12.7 Å². The summed E-state index contributed by atoms with van der Waals surface area (Å²) in [4.78, 5) is 33.9. The Labute approximate surface area is 113 Å². The Morgan fingerprint density at radius 2 is 2.20 bits per heavy atom. The van der Waals surface area contributed by atoms with E-state index in [1.54, 1.807) is 7.05 Å². The number of ether oxygens (including phenoxy) is 1.